The lowest BCUT2D eigenvalue weighted by molar-refractivity contribution is -0.325. The van der Waals surface area contributed by atoms with Gasteiger partial charge in [0.05, 0.1) is 6.61 Å². The largest absolute Gasteiger partial charge is 0.522 e. The van der Waals surface area contributed by atoms with Crippen molar-refractivity contribution in [1.29, 1.82) is 0 Å². The van der Waals surface area contributed by atoms with E-state index in [2.05, 4.69) is 4.74 Å². The summed E-state index contributed by atoms with van der Waals surface area (Å²) in [5.41, 5.74) is 0. The highest BCUT2D eigenvalue weighted by Crippen LogP contribution is 2.17. The smallest absolute Gasteiger partial charge is 0.300 e. The Hall–Kier alpha value is 0. The second-order valence-corrected chi connectivity index (χ2v) is 3.95. The minimum atomic E-state index is -4.52. The van der Waals surface area contributed by atoms with Gasteiger partial charge in [-0.15, -0.1) is 24.8 Å². The minimum Gasteiger partial charge on any atom is -0.300 e. The number of ether oxygens (including phenoxy) is 1. The molecular weight excluding hydrogens is 219 g/mol. The fourth-order valence-electron chi connectivity index (χ4n) is 1.49. The molecular formula is C8H13ClF3NO. The summed E-state index contributed by atoms with van der Waals surface area (Å²) in [5.74, 6) is 0. The maximum absolute atomic E-state index is 11.6. The summed E-state index contributed by atoms with van der Waals surface area (Å²) in [6.07, 6.45) is -2.63. The molecule has 0 aromatic carbocycles. The van der Waals surface area contributed by atoms with Crippen molar-refractivity contribution in [2.75, 3.05) is 26.2 Å². The highest BCUT2D eigenvalue weighted by Gasteiger charge is 2.29. The predicted molar refractivity (Wildman–Crippen MR) is 47.3 cm³/mol. The highest BCUT2D eigenvalue weighted by atomic mass is 35.5. The molecule has 1 aliphatic heterocycles. The molecule has 0 radical (unpaired) electrons. The summed E-state index contributed by atoms with van der Waals surface area (Å²) in [7, 11) is 0. The first kappa shape index (κ1) is 12.1. The molecule has 1 fully saturated rings. The number of halogens is 4. The van der Waals surface area contributed by atoms with E-state index in [-0.39, 0.29) is 12.0 Å². The van der Waals surface area contributed by atoms with Gasteiger partial charge in [0.25, 0.3) is 0 Å². The van der Waals surface area contributed by atoms with Crippen LogP contribution in [0.5, 0.6) is 0 Å². The summed E-state index contributed by atoms with van der Waals surface area (Å²) >= 11 is 5.88. The molecule has 0 bridgehead atoms. The molecule has 84 valence electrons. The maximum Gasteiger partial charge on any atom is 0.522 e. The summed E-state index contributed by atoms with van der Waals surface area (Å²) in [6.45, 7) is 1.45. The van der Waals surface area contributed by atoms with Crippen molar-refractivity contribution in [2.24, 2.45) is 0 Å². The molecule has 14 heavy (non-hydrogen) atoms. The zero-order valence-electron chi connectivity index (χ0n) is 7.69. The van der Waals surface area contributed by atoms with Crippen LogP contribution in [0.1, 0.15) is 12.8 Å². The van der Waals surface area contributed by atoms with Gasteiger partial charge in [0.15, 0.2) is 0 Å². The van der Waals surface area contributed by atoms with E-state index in [1.807, 2.05) is 4.90 Å². The molecule has 1 saturated heterocycles. The van der Waals surface area contributed by atoms with E-state index in [4.69, 9.17) is 11.6 Å². The van der Waals surface area contributed by atoms with Crippen LogP contribution in [0, 0.1) is 0 Å². The number of likely N-dealkylation sites (tertiary alicyclic amines) is 1. The van der Waals surface area contributed by atoms with Gasteiger partial charge in [0, 0.05) is 18.5 Å². The van der Waals surface area contributed by atoms with Gasteiger partial charge in [-0.3, -0.25) is 9.64 Å². The van der Waals surface area contributed by atoms with E-state index in [1.165, 1.54) is 0 Å². The van der Waals surface area contributed by atoms with Crippen molar-refractivity contribution in [2.45, 2.75) is 24.6 Å². The molecule has 1 heterocycles. The minimum absolute atomic E-state index is 0.0645. The first-order valence-electron chi connectivity index (χ1n) is 4.54. The quantitative estimate of drug-likeness (QED) is 0.691. The molecule has 0 amide bonds. The second-order valence-electron chi connectivity index (χ2n) is 3.33. The monoisotopic (exact) mass is 231 g/mol. The van der Waals surface area contributed by atoms with Gasteiger partial charge in [-0.1, -0.05) is 0 Å². The van der Waals surface area contributed by atoms with E-state index in [0.717, 1.165) is 19.4 Å². The van der Waals surface area contributed by atoms with Crippen molar-refractivity contribution in [3.05, 3.63) is 0 Å². The average molecular weight is 232 g/mol. The van der Waals surface area contributed by atoms with Gasteiger partial charge >= 0.3 is 6.36 Å². The molecule has 0 N–H and O–H groups in total. The van der Waals surface area contributed by atoms with E-state index < -0.39 is 6.36 Å². The van der Waals surface area contributed by atoms with Gasteiger partial charge in [0.1, 0.15) is 0 Å². The number of hydrogen-bond acceptors (Lipinski definition) is 2. The van der Waals surface area contributed by atoms with Crippen LogP contribution in [0.3, 0.4) is 0 Å². The van der Waals surface area contributed by atoms with E-state index in [1.54, 1.807) is 0 Å². The van der Waals surface area contributed by atoms with Gasteiger partial charge in [-0.25, -0.2) is 0 Å². The molecule has 1 rings (SSSR count). The molecule has 1 atom stereocenters. The van der Waals surface area contributed by atoms with E-state index >= 15 is 0 Å². The maximum atomic E-state index is 11.6. The van der Waals surface area contributed by atoms with Crippen molar-refractivity contribution in [3.8, 4) is 0 Å². The summed E-state index contributed by atoms with van der Waals surface area (Å²) in [5, 5.41) is 0.0645. The molecule has 1 unspecified atom stereocenters. The first-order chi connectivity index (χ1) is 6.47. The molecule has 0 saturated carbocycles. The van der Waals surface area contributed by atoms with Gasteiger partial charge in [0.2, 0.25) is 0 Å². The fourth-order valence-corrected chi connectivity index (χ4v) is 1.84. The number of piperidine rings is 1. The van der Waals surface area contributed by atoms with Crippen molar-refractivity contribution in [3.63, 3.8) is 0 Å². The third-order valence-electron chi connectivity index (χ3n) is 2.12. The van der Waals surface area contributed by atoms with E-state index in [9.17, 15) is 13.2 Å². The predicted octanol–water partition coefficient (Wildman–Crippen LogP) is 2.23. The van der Waals surface area contributed by atoms with Crippen LogP contribution >= 0.6 is 11.6 Å². The third kappa shape index (κ3) is 5.02. The van der Waals surface area contributed by atoms with Crippen molar-refractivity contribution < 1.29 is 17.9 Å². The van der Waals surface area contributed by atoms with Crippen LogP contribution in [-0.2, 0) is 4.74 Å². The zero-order chi connectivity index (χ0) is 10.6. The fraction of sp³-hybridized carbons (Fsp3) is 1.00. The Labute approximate surface area is 86.0 Å². The van der Waals surface area contributed by atoms with Gasteiger partial charge in [-0.2, -0.15) is 0 Å². The first-order valence-corrected chi connectivity index (χ1v) is 4.98. The molecule has 1 aliphatic rings. The third-order valence-corrected chi connectivity index (χ3v) is 2.48. The standard InChI is InChI=1S/C8H13ClF3NO/c9-7-2-1-3-13(6-7)4-5-14-8(10,11)12/h7H,1-6H2. The lowest BCUT2D eigenvalue weighted by Gasteiger charge is -2.29. The Balaban J connectivity index is 2.12. The molecule has 2 nitrogen and oxygen atoms in total. The molecule has 0 aromatic rings. The lowest BCUT2D eigenvalue weighted by Crippen LogP contribution is -2.38. The highest BCUT2D eigenvalue weighted by molar-refractivity contribution is 6.20. The van der Waals surface area contributed by atoms with E-state index in [0.29, 0.717) is 13.1 Å². The number of alkyl halides is 4. The van der Waals surface area contributed by atoms with Crippen LogP contribution < -0.4 is 0 Å². The number of nitrogens with zero attached hydrogens (tertiary/aromatic N) is 1. The Morgan fingerprint density at radius 1 is 1.43 bits per heavy atom. The topological polar surface area (TPSA) is 12.5 Å². The Bertz CT molecular complexity index is 176. The molecule has 0 spiro atoms. The van der Waals surface area contributed by atoms with Crippen LogP contribution in [0.15, 0.2) is 0 Å². The second kappa shape index (κ2) is 5.19. The lowest BCUT2D eigenvalue weighted by atomic mass is 10.1. The summed E-state index contributed by atoms with van der Waals surface area (Å²) in [6, 6.07) is 0. The van der Waals surface area contributed by atoms with Crippen LogP contribution in [0.25, 0.3) is 0 Å². The van der Waals surface area contributed by atoms with Crippen molar-refractivity contribution >= 4 is 11.6 Å². The summed E-state index contributed by atoms with van der Waals surface area (Å²) < 4.78 is 38.5. The molecule has 0 aliphatic carbocycles. The van der Waals surface area contributed by atoms with Gasteiger partial charge < -0.3 is 0 Å². The van der Waals surface area contributed by atoms with Crippen LogP contribution in [0.4, 0.5) is 13.2 Å². The SMILES string of the molecule is FC(F)(F)OCCN1CCCC(Cl)C1. The Morgan fingerprint density at radius 2 is 2.14 bits per heavy atom. The number of rotatable bonds is 3. The van der Waals surface area contributed by atoms with Gasteiger partial charge in [-0.05, 0) is 19.4 Å². The summed E-state index contributed by atoms with van der Waals surface area (Å²) in [4.78, 5) is 1.90. The Kier molecular flexibility index (Phi) is 4.47. The normalized spacial score (nSPS) is 25.3. The van der Waals surface area contributed by atoms with Crippen LogP contribution in [-0.4, -0.2) is 42.9 Å². The Morgan fingerprint density at radius 3 is 2.71 bits per heavy atom. The molecule has 0 aromatic heterocycles. The van der Waals surface area contributed by atoms with Crippen LogP contribution in [0.2, 0.25) is 0 Å². The zero-order valence-corrected chi connectivity index (χ0v) is 8.44. The number of hydrogen-bond donors (Lipinski definition) is 0. The molecule has 6 heteroatoms. The van der Waals surface area contributed by atoms with Crippen molar-refractivity contribution in [1.82, 2.24) is 4.90 Å². The average Bonchev–Trinajstić information content (AvgIpc) is 2.01.